The van der Waals surface area contributed by atoms with Crippen molar-refractivity contribution in [1.82, 2.24) is 15.0 Å². The molecule has 7 nitrogen and oxygen atoms in total. The minimum Gasteiger partial charge on any atom is -0.406 e. The molecule has 10 heteroatoms. The third-order valence-corrected chi connectivity index (χ3v) is 11.5. The highest BCUT2D eigenvalue weighted by atomic mass is 19.4. The topological polar surface area (TPSA) is 86.5 Å². The number of alkyl halides is 3. The number of hydrogen-bond acceptors (Lipinski definition) is 6. The van der Waals surface area contributed by atoms with Gasteiger partial charge < -0.3 is 14.6 Å². The summed E-state index contributed by atoms with van der Waals surface area (Å²) in [5.74, 6) is 1.76. The molecule has 1 heterocycles. The number of Topliss-reactive ketones (excluding diaryl/α,β-unsaturated/α-hetero) is 1. The molecule has 220 valence electrons. The predicted molar refractivity (Wildman–Crippen MR) is 141 cm³/mol. The lowest BCUT2D eigenvalue weighted by Gasteiger charge is -2.62. The van der Waals surface area contributed by atoms with Crippen LogP contribution in [-0.4, -0.2) is 51.6 Å². The Morgan fingerprint density at radius 2 is 1.90 bits per heavy atom. The van der Waals surface area contributed by atoms with Gasteiger partial charge in [0, 0.05) is 19.1 Å². The number of methoxy groups -OCH3 is 1. The summed E-state index contributed by atoms with van der Waals surface area (Å²) in [7, 11) is 1.80. The van der Waals surface area contributed by atoms with E-state index in [1.54, 1.807) is 7.11 Å². The van der Waals surface area contributed by atoms with E-state index in [9.17, 15) is 23.1 Å². The number of halogens is 3. The average Bonchev–Trinajstić information content (AvgIpc) is 3.43. The minimum absolute atomic E-state index is 0.0574. The van der Waals surface area contributed by atoms with Crippen molar-refractivity contribution in [2.45, 2.75) is 90.1 Å². The van der Waals surface area contributed by atoms with Crippen molar-refractivity contribution >= 4 is 16.8 Å². The fourth-order valence-corrected chi connectivity index (χ4v) is 9.84. The highest BCUT2D eigenvalue weighted by Crippen LogP contribution is 2.68. The molecule has 8 atom stereocenters. The largest absolute Gasteiger partial charge is 0.573 e. The molecule has 4 fully saturated rings. The first-order chi connectivity index (χ1) is 18.9. The number of rotatable bonds is 6. The van der Waals surface area contributed by atoms with E-state index < -0.39 is 12.0 Å². The fraction of sp³-hybridized carbons (Fsp3) is 0.767. The van der Waals surface area contributed by atoms with Crippen molar-refractivity contribution in [1.29, 1.82) is 0 Å². The maximum absolute atomic E-state index is 13.8. The van der Waals surface area contributed by atoms with Crippen LogP contribution in [0.1, 0.15) is 71.6 Å². The van der Waals surface area contributed by atoms with Crippen molar-refractivity contribution < 1.29 is 32.5 Å². The van der Waals surface area contributed by atoms with Gasteiger partial charge >= 0.3 is 6.36 Å². The number of carbonyl (C=O) groups is 1. The molecular weight excluding hydrogens is 523 g/mol. The maximum atomic E-state index is 13.8. The molecule has 0 bridgehead atoms. The average molecular weight is 564 g/mol. The Labute approximate surface area is 232 Å². The van der Waals surface area contributed by atoms with Gasteiger partial charge in [0.25, 0.3) is 0 Å². The maximum Gasteiger partial charge on any atom is 0.573 e. The number of aromatic nitrogens is 3. The van der Waals surface area contributed by atoms with Gasteiger partial charge in [-0.1, -0.05) is 12.1 Å². The van der Waals surface area contributed by atoms with E-state index in [4.69, 9.17) is 4.74 Å². The second kappa shape index (κ2) is 9.68. The smallest absolute Gasteiger partial charge is 0.406 e. The van der Waals surface area contributed by atoms with Crippen LogP contribution in [0.15, 0.2) is 18.2 Å². The van der Waals surface area contributed by atoms with Gasteiger partial charge in [0.15, 0.2) is 5.78 Å². The third-order valence-electron chi connectivity index (χ3n) is 11.5. The first-order valence-electron chi connectivity index (χ1n) is 14.7. The van der Waals surface area contributed by atoms with Gasteiger partial charge in [0.2, 0.25) is 0 Å². The van der Waals surface area contributed by atoms with Crippen LogP contribution in [0, 0.1) is 40.4 Å². The van der Waals surface area contributed by atoms with E-state index in [0.29, 0.717) is 29.2 Å². The summed E-state index contributed by atoms with van der Waals surface area (Å²) >= 11 is 0. The second-order valence-electron chi connectivity index (χ2n) is 13.6. The van der Waals surface area contributed by atoms with E-state index in [2.05, 4.69) is 22.0 Å². The van der Waals surface area contributed by atoms with Gasteiger partial charge in [-0.2, -0.15) is 0 Å². The van der Waals surface area contributed by atoms with Gasteiger partial charge in [0.05, 0.1) is 17.7 Å². The summed E-state index contributed by atoms with van der Waals surface area (Å²) < 4.78 is 49.2. The standard InChI is InChI=1S/C30H40F3N3O4/c1-27(38)12-13-29(17-39-3)18(15-27)4-6-20-21-7-8-23(28(21,2)11-10-22(20)29)26(37)16-36-25-9-5-19(40-30(31,32)33)14-24(25)34-35-36/h5,9,14,18,20-23,38H,4,6-8,10-13,15-17H2,1-3H3/t18-,20-,21-,22-,23+,27+,28-,29+/m0/s1. The molecule has 4 saturated carbocycles. The summed E-state index contributed by atoms with van der Waals surface area (Å²) in [5.41, 5.74) is 0.208. The van der Waals surface area contributed by atoms with E-state index in [0.717, 1.165) is 64.4 Å². The van der Waals surface area contributed by atoms with Crippen LogP contribution in [0.2, 0.25) is 0 Å². The number of ketones is 1. The zero-order chi connectivity index (χ0) is 28.5. The number of carbonyl (C=O) groups excluding carboxylic acids is 1. The van der Waals surface area contributed by atoms with Gasteiger partial charge in [-0.05, 0) is 111 Å². The van der Waals surface area contributed by atoms with Crippen LogP contribution in [0.5, 0.6) is 5.75 Å². The molecule has 1 aromatic carbocycles. The zero-order valence-electron chi connectivity index (χ0n) is 23.5. The quantitative estimate of drug-likeness (QED) is 0.469. The van der Waals surface area contributed by atoms with E-state index >= 15 is 0 Å². The van der Waals surface area contributed by atoms with E-state index in [-0.39, 0.29) is 40.3 Å². The van der Waals surface area contributed by atoms with Gasteiger partial charge in [-0.3, -0.25) is 4.79 Å². The fourth-order valence-electron chi connectivity index (χ4n) is 9.84. The Morgan fingerprint density at radius 3 is 2.65 bits per heavy atom. The molecule has 4 aliphatic carbocycles. The van der Waals surface area contributed by atoms with Crippen molar-refractivity contribution in [2.24, 2.45) is 40.4 Å². The molecule has 0 spiro atoms. The SMILES string of the molecule is COC[C@]12CC[C@@](C)(O)C[C@@H]1CC[C@H]1[C@@H]3CC[C@H](C(=O)Cn4nnc5cc(OC(F)(F)F)ccc54)[C@@]3(C)CC[C@@H]12. The van der Waals surface area contributed by atoms with Crippen LogP contribution in [0.3, 0.4) is 0 Å². The van der Waals surface area contributed by atoms with Crippen molar-refractivity contribution in [3.63, 3.8) is 0 Å². The Morgan fingerprint density at radius 1 is 1.10 bits per heavy atom. The van der Waals surface area contributed by atoms with E-state index in [1.165, 1.54) is 22.9 Å². The van der Waals surface area contributed by atoms with Crippen LogP contribution in [0.4, 0.5) is 13.2 Å². The van der Waals surface area contributed by atoms with Crippen LogP contribution in [-0.2, 0) is 16.1 Å². The first-order valence-corrected chi connectivity index (χ1v) is 14.7. The molecular formula is C30H40F3N3O4. The highest BCUT2D eigenvalue weighted by Gasteiger charge is 2.63. The van der Waals surface area contributed by atoms with Gasteiger partial charge in [-0.25, -0.2) is 4.68 Å². The van der Waals surface area contributed by atoms with Gasteiger partial charge in [0.1, 0.15) is 17.8 Å². The normalized spacial score (nSPS) is 39.4. The lowest BCUT2D eigenvalue weighted by Crippen LogP contribution is -2.58. The number of ether oxygens (including phenoxy) is 2. The molecule has 0 aliphatic heterocycles. The van der Waals surface area contributed by atoms with Crippen molar-refractivity contribution in [3.05, 3.63) is 18.2 Å². The Kier molecular flexibility index (Phi) is 6.76. The second-order valence-corrected chi connectivity index (χ2v) is 13.6. The monoisotopic (exact) mass is 563 g/mol. The van der Waals surface area contributed by atoms with Crippen LogP contribution in [0.25, 0.3) is 11.0 Å². The van der Waals surface area contributed by atoms with Crippen LogP contribution >= 0.6 is 0 Å². The molecule has 0 saturated heterocycles. The Bertz CT molecular complexity index is 1280. The molecule has 1 aromatic heterocycles. The Balaban J connectivity index is 1.20. The summed E-state index contributed by atoms with van der Waals surface area (Å²) in [6.07, 6.45) is 4.10. The number of hydrogen-bond donors (Lipinski definition) is 1. The molecule has 2 aromatic rings. The van der Waals surface area contributed by atoms with Crippen molar-refractivity contribution in [2.75, 3.05) is 13.7 Å². The highest BCUT2D eigenvalue weighted by molar-refractivity contribution is 5.84. The van der Waals surface area contributed by atoms with Gasteiger partial charge in [-0.15, -0.1) is 18.3 Å². The molecule has 1 N–H and O–H groups in total. The number of aliphatic hydroxyl groups is 1. The lowest BCUT2D eigenvalue weighted by molar-refractivity contribution is -0.274. The van der Waals surface area contributed by atoms with E-state index in [1.807, 2.05) is 6.92 Å². The summed E-state index contributed by atoms with van der Waals surface area (Å²) in [4.78, 5) is 13.8. The first kappa shape index (κ1) is 27.9. The summed E-state index contributed by atoms with van der Waals surface area (Å²) in [5, 5.41) is 19.0. The number of fused-ring (bicyclic) bond motifs is 6. The summed E-state index contributed by atoms with van der Waals surface area (Å²) in [6.45, 7) is 5.09. The lowest BCUT2D eigenvalue weighted by atomic mass is 9.43. The number of nitrogens with zero attached hydrogens (tertiary/aromatic N) is 3. The summed E-state index contributed by atoms with van der Waals surface area (Å²) in [6, 6.07) is 3.90. The minimum atomic E-state index is -4.79. The number of benzene rings is 1. The Hall–Kier alpha value is -2.20. The molecule has 0 radical (unpaired) electrons. The molecule has 40 heavy (non-hydrogen) atoms. The van der Waals surface area contributed by atoms with Crippen molar-refractivity contribution in [3.8, 4) is 5.75 Å². The van der Waals surface area contributed by atoms with Crippen LogP contribution < -0.4 is 4.74 Å². The molecule has 6 rings (SSSR count). The molecule has 0 amide bonds. The third kappa shape index (κ3) is 4.63. The zero-order valence-corrected chi connectivity index (χ0v) is 23.5. The molecule has 4 aliphatic rings. The predicted octanol–water partition coefficient (Wildman–Crippen LogP) is 5.94. The molecule has 0 unspecified atom stereocenters.